The normalized spacial score (nSPS) is 13.2. The van der Waals surface area contributed by atoms with E-state index in [-0.39, 0.29) is 25.2 Å². The molecule has 262 valence electrons. The van der Waals surface area contributed by atoms with Crippen LogP contribution < -0.4 is 0 Å². The Labute approximate surface area is 277 Å². The van der Waals surface area contributed by atoms with Crippen LogP contribution in [0.2, 0.25) is 0 Å². The van der Waals surface area contributed by atoms with Gasteiger partial charge in [0.2, 0.25) is 0 Å². The Hall–Kier alpha value is -1.92. The van der Waals surface area contributed by atoms with Gasteiger partial charge in [0.1, 0.15) is 6.61 Å². The highest BCUT2D eigenvalue weighted by Crippen LogP contribution is 2.14. The first-order valence-electron chi connectivity index (χ1n) is 18.7. The molecule has 0 aromatic carbocycles. The number of hydrogen-bond acceptors (Lipinski definition) is 6. The first kappa shape index (κ1) is 43.1. The van der Waals surface area contributed by atoms with Crippen LogP contribution in [0.3, 0.4) is 0 Å². The van der Waals surface area contributed by atoms with Gasteiger partial charge in [-0.05, 0) is 38.5 Å². The van der Waals surface area contributed by atoms with Crippen molar-refractivity contribution in [3.8, 4) is 0 Å². The monoisotopic (exact) mass is 635 g/mol. The number of allylic oxidation sites excluding steroid dienone is 4. The molecular weight excluding hydrogens is 564 g/mol. The summed E-state index contributed by atoms with van der Waals surface area (Å²) in [6, 6.07) is 0. The summed E-state index contributed by atoms with van der Waals surface area (Å²) in [6.45, 7) is 3.90. The molecule has 0 aromatic rings. The van der Waals surface area contributed by atoms with Crippen molar-refractivity contribution in [2.45, 2.75) is 187 Å². The van der Waals surface area contributed by atoms with Gasteiger partial charge in [0, 0.05) is 12.8 Å². The highest BCUT2D eigenvalue weighted by molar-refractivity contribution is 5.70. The minimum atomic E-state index is -0.794. The van der Waals surface area contributed by atoms with Crippen LogP contribution in [0.25, 0.3) is 0 Å². The van der Waals surface area contributed by atoms with Crippen molar-refractivity contribution in [3.05, 3.63) is 36.5 Å². The molecule has 0 saturated carbocycles. The number of aliphatic hydroxyl groups is 2. The third-order valence-corrected chi connectivity index (χ3v) is 8.03. The summed E-state index contributed by atoms with van der Waals surface area (Å²) in [5.74, 6) is -0.642. The molecule has 0 spiro atoms. The molecule has 0 radical (unpaired) electrons. The standard InChI is InChI=1S/C39H70O6/c1-3-5-7-8-9-10-11-12-13-14-15-18-21-24-28-32-38(42)44-35-37(34-40)45-39(43)33-29-25-22-19-16-17-20-23-27-31-36(41)30-26-6-4-2/h6,20,23,26-27,31,36-37,40-41H,3-5,7-19,21-22,24-25,28-30,32-35H2,1-2H3/b23-20+,26-6+,31-27+/t36?,37-/m0/s1. The molecule has 6 heteroatoms. The lowest BCUT2D eigenvalue weighted by Crippen LogP contribution is -2.28. The third kappa shape index (κ3) is 33.3. The lowest BCUT2D eigenvalue weighted by Gasteiger charge is -2.15. The van der Waals surface area contributed by atoms with E-state index in [1.807, 2.05) is 24.3 Å². The Morgan fingerprint density at radius 2 is 1.13 bits per heavy atom. The average Bonchev–Trinajstić information content (AvgIpc) is 3.03. The second kappa shape index (κ2) is 34.9. The highest BCUT2D eigenvalue weighted by atomic mass is 16.6. The Kier molecular flexibility index (Phi) is 33.5. The summed E-state index contributed by atoms with van der Waals surface area (Å²) in [7, 11) is 0. The van der Waals surface area contributed by atoms with Gasteiger partial charge in [-0.1, -0.05) is 159 Å². The van der Waals surface area contributed by atoms with Crippen molar-refractivity contribution in [3.63, 3.8) is 0 Å². The molecule has 2 atom stereocenters. The number of carbonyl (C=O) groups excluding carboxylic acids is 2. The van der Waals surface area contributed by atoms with E-state index in [2.05, 4.69) is 26.0 Å². The van der Waals surface area contributed by atoms with E-state index < -0.39 is 12.2 Å². The van der Waals surface area contributed by atoms with Crippen molar-refractivity contribution in [2.24, 2.45) is 0 Å². The van der Waals surface area contributed by atoms with Crippen LogP contribution in [0.5, 0.6) is 0 Å². The molecule has 6 nitrogen and oxygen atoms in total. The molecule has 0 amide bonds. The first-order valence-corrected chi connectivity index (χ1v) is 18.7. The van der Waals surface area contributed by atoms with Gasteiger partial charge in [-0.2, -0.15) is 0 Å². The summed E-state index contributed by atoms with van der Waals surface area (Å²) in [5.41, 5.74) is 0. The van der Waals surface area contributed by atoms with Crippen molar-refractivity contribution in [1.29, 1.82) is 0 Å². The predicted octanol–water partition coefficient (Wildman–Crippen LogP) is 10.3. The second-order valence-corrected chi connectivity index (χ2v) is 12.5. The third-order valence-electron chi connectivity index (χ3n) is 8.03. The van der Waals surface area contributed by atoms with E-state index in [1.54, 1.807) is 0 Å². The maximum Gasteiger partial charge on any atom is 0.306 e. The molecule has 0 rings (SSSR count). The Morgan fingerprint density at radius 1 is 0.622 bits per heavy atom. The molecular formula is C39H70O6. The van der Waals surface area contributed by atoms with E-state index in [4.69, 9.17) is 9.47 Å². The number of carbonyl (C=O) groups is 2. The number of aliphatic hydroxyl groups excluding tert-OH is 2. The number of ether oxygens (including phenoxy) is 2. The molecule has 45 heavy (non-hydrogen) atoms. The minimum absolute atomic E-state index is 0.0859. The molecule has 0 fully saturated rings. The molecule has 1 unspecified atom stereocenters. The molecule has 0 saturated heterocycles. The predicted molar refractivity (Wildman–Crippen MR) is 188 cm³/mol. The van der Waals surface area contributed by atoms with E-state index in [0.717, 1.165) is 64.2 Å². The average molecular weight is 635 g/mol. The van der Waals surface area contributed by atoms with Gasteiger partial charge in [0.15, 0.2) is 6.10 Å². The molecule has 0 heterocycles. The quantitative estimate of drug-likeness (QED) is 0.0323. The Balaban J connectivity index is 3.63. The summed E-state index contributed by atoms with van der Waals surface area (Å²) >= 11 is 0. The molecule has 0 aliphatic heterocycles. The van der Waals surface area contributed by atoms with Gasteiger partial charge in [0.25, 0.3) is 0 Å². The van der Waals surface area contributed by atoms with Crippen LogP contribution in [0.1, 0.15) is 174 Å². The zero-order chi connectivity index (χ0) is 33.1. The van der Waals surface area contributed by atoms with Gasteiger partial charge in [-0.3, -0.25) is 9.59 Å². The number of hydrogen-bond donors (Lipinski definition) is 2. The fourth-order valence-corrected chi connectivity index (χ4v) is 5.18. The van der Waals surface area contributed by atoms with Crippen molar-refractivity contribution >= 4 is 11.9 Å². The first-order chi connectivity index (χ1) is 22.0. The number of unbranched alkanes of at least 4 members (excludes halogenated alkanes) is 19. The summed E-state index contributed by atoms with van der Waals surface area (Å²) in [4.78, 5) is 24.2. The van der Waals surface area contributed by atoms with Crippen molar-refractivity contribution in [1.82, 2.24) is 0 Å². The van der Waals surface area contributed by atoms with Crippen LogP contribution in [0.4, 0.5) is 0 Å². The number of rotatable bonds is 33. The zero-order valence-electron chi connectivity index (χ0n) is 29.2. The van der Waals surface area contributed by atoms with Gasteiger partial charge >= 0.3 is 11.9 Å². The summed E-state index contributed by atoms with van der Waals surface area (Å²) in [6.07, 6.45) is 38.2. The summed E-state index contributed by atoms with van der Waals surface area (Å²) < 4.78 is 10.6. The van der Waals surface area contributed by atoms with Crippen LogP contribution in [0.15, 0.2) is 36.5 Å². The topological polar surface area (TPSA) is 93.1 Å². The maximum absolute atomic E-state index is 12.1. The smallest absolute Gasteiger partial charge is 0.306 e. The zero-order valence-corrected chi connectivity index (χ0v) is 29.2. The lowest BCUT2D eigenvalue weighted by molar-refractivity contribution is -0.161. The van der Waals surface area contributed by atoms with E-state index in [9.17, 15) is 19.8 Å². The van der Waals surface area contributed by atoms with Crippen molar-refractivity contribution < 1.29 is 29.3 Å². The molecule has 2 N–H and O–H groups in total. The molecule has 0 bridgehead atoms. The van der Waals surface area contributed by atoms with Gasteiger partial charge in [-0.25, -0.2) is 0 Å². The fourth-order valence-electron chi connectivity index (χ4n) is 5.18. The van der Waals surface area contributed by atoms with Crippen LogP contribution in [-0.4, -0.2) is 47.6 Å². The van der Waals surface area contributed by atoms with Crippen LogP contribution in [0, 0.1) is 0 Å². The summed E-state index contributed by atoms with van der Waals surface area (Å²) in [5, 5.41) is 19.3. The van der Waals surface area contributed by atoms with Crippen LogP contribution >= 0.6 is 0 Å². The van der Waals surface area contributed by atoms with Gasteiger partial charge < -0.3 is 19.7 Å². The second-order valence-electron chi connectivity index (χ2n) is 12.5. The SMILES string of the molecule is CC/C=C/CC(O)/C=C/C=C/CCCCCCCC(=O)O[C@@H](CO)COC(=O)CCCCCCCCCCCCCCCCC. The lowest BCUT2D eigenvalue weighted by atomic mass is 10.0. The molecule has 0 aromatic heterocycles. The minimum Gasteiger partial charge on any atom is -0.462 e. The van der Waals surface area contributed by atoms with Gasteiger partial charge in [-0.15, -0.1) is 0 Å². The Bertz CT molecular complexity index is 744. The number of esters is 2. The van der Waals surface area contributed by atoms with E-state index in [1.165, 1.54) is 77.0 Å². The largest absolute Gasteiger partial charge is 0.462 e. The Morgan fingerprint density at radius 3 is 1.67 bits per heavy atom. The van der Waals surface area contributed by atoms with E-state index >= 15 is 0 Å². The molecule has 0 aliphatic carbocycles. The van der Waals surface area contributed by atoms with E-state index in [0.29, 0.717) is 19.3 Å². The highest BCUT2D eigenvalue weighted by Gasteiger charge is 2.16. The molecule has 0 aliphatic rings. The van der Waals surface area contributed by atoms with Crippen molar-refractivity contribution in [2.75, 3.05) is 13.2 Å². The van der Waals surface area contributed by atoms with Crippen LogP contribution in [-0.2, 0) is 19.1 Å². The maximum atomic E-state index is 12.1. The van der Waals surface area contributed by atoms with Gasteiger partial charge in [0.05, 0.1) is 12.7 Å². The fraction of sp³-hybridized carbons (Fsp3) is 0.795.